The number of nitrogens with one attached hydrogen (secondary N) is 1. The fraction of sp³-hybridized carbons (Fsp3) is 0.167. The summed E-state index contributed by atoms with van der Waals surface area (Å²) >= 11 is 4.08. The van der Waals surface area contributed by atoms with Crippen molar-refractivity contribution in [2.75, 3.05) is 4.31 Å². The van der Waals surface area contributed by atoms with Crippen LogP contribution in [0, 0.1) is 0 Å². The molecule has 0 saturated carbocycles. The molecule has 0 saturated heterocycles. The Morgan fingerprint density at radius 3 is 1.96 bits per heavy atom. The van der Waals surface area contributed by atoms with Gasteiger partial charge in [0.25, 0.3) is 5.91 Å². The molecule has 2 aromatic carbocycles. The van der Waals surface area contributed by atoms with Crippen molar-refractivity contribution in [2.45, 2.75) is 19.8 Å². The Hall–Kier alpha value is -2.80. The van der Waals surface area contributed by atoms with Crippen LogP contribution in [0.3, 0.4) is 0 Å². The van der Waals surface area contributed by atoms with E-state index in [0.717, 1.165) is 9.87 Å². The van der Waals surface area contributed by atoms with Gasteiger partial charge in [0.05, 0.1) is 5.69 Å². The van der Waals surface area contributed by atoms with E-state index in [1.54, 1.807) is 12.1 Å². The maximum Gasteiger partial charge on any atom is 0.338 e. The maximum absolute atomic E-state index is 12.2. The Bertz CT molecular complexity index is 786. The number of amides is 4. The number of benzene rings is 2. The van der Waals surface area contributed by atoms with Crippen LogP contribution in [0.4, 0.5) is 10.5 Å². The summed E-state index contributed by atoms with van der Waals surface area (Å²) in [5.41, 5.74) is 7.36. The summed E-state index contributed by atoms with van der Waals surface area (Å²) in [6.45, 7) is 4.11. The number of rotatable bonds is 4. The first-order valence-electron chi connectivity index (χ1n) is 7.63. The molecule has 6 nitrogen and oxygen atoms in total. The molecule has 2 aromatic rings. The molecule has 4 amide bonds. The van der Waals surface area contributed by atoms with E-state index in [-0.39, 0.29) is 0 Å². The Morgan fingerprint density at radius 2 is 1.48 bits per heavy atom. The van der Waals surface area contributed by atoms with E-state index in [2.05, 4.69) is 32.0 Å². The zero-order valence-electron chi connectivity index (χ0n) is 13.9. The van der Waals surface area contributed by atoms with Crippen molar-refractivity contribution in [3.8, 4) is 0 Å². The molecule has 0 fully saturated rings. The van der Waals surface area contributed by atoms with Crippen molar-refractivity contribution in [3.63, 3.8) is 0 Å². The number of nitrogens with zero attached hydrogens (tertiary/aromatic N) is 1. The van der Waals surface area contributed by atoms with Crippen LogP contribution in [0.2, 0.25) is 0 Å². The van der Waals surface area contributed by atoms with Gasteiger partial charge < -0.3 is 5.73 Å². The summed E-state index contributed by atoms with van der Waals surface area (Å²) in [6.07, 6.45) is 0. The highest BCUT2D eigenvalue weighted by Gasteiger charge is 2.17. The number of urea groups is 1. The third-order valence-electron chi connectivity index (χ3n) is 3.65. The Labute approximate surface area is 151 Å². The molecule has 0 heterocycles. The van der Waals surface area contributed by atoms with Gasteiger partial charge in [0.15, 0.2) is 0 Å². The van der Waals surface area contributed by atoms with E-state index in [0.29, 0.717) is 22.7 Å². The largest absolute Gasteiger partial charge is 0.366 e. The second-order valence-electron chi connectivity index (χ2n) is 5.76. The number of imide groups is 1. The number of primary amides is 1. The summed E-state index contributed by atoms with van der Waals surface area (Å²) in [4.78, 5) is 35.4. The molecule has 130 valence electrons. The molecule has 0 aliphatic heterocycles. The van der Waals surface area contributed by atoms with Gasteiger partial charge in [-0.2, -0.15) is 0 Å². The van der Waals surface area contributed by atoms with Crippen molar-refractivity contribution in [1.82, 2.24) is 5.32 Å². The molecule has 0 aliphatic carbocycles. The van der Waals surface area contributed by atoms with Crippen LogP contribution in [-0.4, -0.2) is 17.8 Å². The van der Waals surface area contributed by atoms with Gasteiger partial charge in [-0.1, -0.05) is 38.8 Å². The van der Waals surface area contributed by atoms with Gasteiger partial charge in [0.2, 0.25) is 5.91 Å². The topological polar surface area (TPSA) is 92.5 Å². The molecule has 2 rings (SSSR count). The molecule has 0 atom stereocenters. The van der Waals surface area contributed by atoms with Gasteiger partial charge in [-0.15, -0.1) is 0 Å². The summed E-state index contributed by atoms with van der Waals surface area (Å²) in [6, 6.07) is 12.3. The zero-order valence-corrected chi connectivity index (χ0v) is 14.8. The van der Waals surface area contributed by atoms with Crippen LogP contribution in [0.25, 0.3) is 0 Å². The predicted octanol–water partition coefficient (Wildman–Crippen LogP) is 3.11. The summed E-state index contributed by atoms with van der Waals surface area (Å²) < 4.78 is 0.977. The summed E-state index contributed by atoms with van der Waals surface area (Å²) in [5, 5.41) is 2.26. The van der Waals surface area contributed by atoms with Gasteiger partial charge in [-0.3, -0.25) is 14.9 Å². The molecule has 0 aliphatic rings. The van der Waals surface area contributed by atoms with Gasteiger partial charge in [-0.05, 0) is 47.9 Å². The van der Waals surface area contributed by atoms with Gasteiger partial charge in [-0.25, -0.2) is 9.10 Å². The van der Waals surface area contributed by atoms with E-state index >= 15 is 0 Å². The Morgan fingerprint density at radius 1 is 0.960 bits per heavy atom. The Kier molecular flexibility index (Phi) is 5.82. The molecular weight excluding hydrogens is 338 g/mol. The first-order chi connectivity index (χ1) is 11.8. The summed E-state index contributed by atoms with van der Waals surface area (Å²) in [5.74, 6) is -0.732. The number of thiol groups is 1. The highest BCUT2D eigenvalue weighted by molar-refractivity contribution is 7.82. The van der Waals surface area contributed by atoms with E-state index in [1.807, 2.05) is 12.1 Å². The van der Waals surface area contributed by atoms with Crippen molar-refractivity contribution in [3.05, 3.63) is 65.2 Å². The molecule has 3 N–H and O–H groups in total. The number of nitrogens with two attached hydrogens (primary N) is 1. The lowest BCUT2D eigenvalue weighted by Crippen LogP contribution is -2.38. The SMILES string of the molecule is CC(C)c1ccc(C(=O)NC(=O)N(S)c2ccc(C(N)=O)cc2)cc1. The predicted molar refractivity (Wildman–Crippen MR) is 99.8 cm³/mol. The fourth-order valence-electron chi connectivity index (χ4n) is 2.13. The van der Waals surface area contributed by atoms with Crippen LogP contribution < -0.4 is 15.4 Å². The van der Waals surface area contributed by atoms with Gasteiger partial charge >= 0.3 is 6.03 Å². The van der Waals surface area contributed by atoms with E-state index < -0.39 is 17.8 Å². The Balaban J connectivity index is 2.04. The number of carbonyl (C=O) groups is 3. The minimum atomic E-state index is -0.701. The first kappa shape index (κ1) is 18.5. The highest BCUT2D eigenvalue weighted by Crippen LogP contribution is 2.18. The highest BCUT2D eigenvalue weighted by atomic mass is 32.1. The molecule has 0 bridgehead atoms. The zero-order chi connectivity index (χ0) is 18.6. The van der Waals surface area contributed by atoms with Crippen LogP contribution in [0.15, 0.2) is 48.5 Å². The van der Waals surface area contributed by atoms with Crippen molar-refractivity contribution in [2.24, 2.45) is 5.73 Å². The van der Waals surface area contributed by atoms with Crippen LogP contribution >= 0.6 is 12.8 Å². The number of hydrogen-bond acceptors (Lipinski definition) is 4. The van der Waals surface area contributed by atoms with Crippen LogP contribution in [0.1, 0.15) is 46.0 Å². The van der Waals surface area contributed by atoms with E-state index in [1.165, 1.54) is 24.3 Å². The standard InChI is InChI=1S/C18H19N3O3S/c1-11(2)12-3-5-14(6-4-12)17(23)20-18(24)21(25)15-9-7-13(8-10-15)16(19)22/h3-11,25H,1-2H3,(H2,19,22)(H,20,23,24). The number of hydrogen-bond donors (Lipinski definition) is 3. The monoisotopic (exact) mass is 357 g/mol. The molecule has 25 heavy (non-hydrogen) atoms. The average molecular weight is 357 g/mol. The molecule has 7 heteroatoms. The van der Waals surface area contributed by atoms with E-state index in [4.69, 9.17) is 5.73 Å². The third kappa shape index (κ3) is 4.60. The van der Waals surface area contributed by atoms with Crippen molar-refractivity contribution < 1.29 is 14.4 Å². The first-order valence-corrected chi connectivity index (χ1v) is 8.03. The lowest BCUT2D eigenvalue weighted by atomic mass is 10.0. The lowest BCUT2D eigenvalue weighted by molar-refractivity contribution is 0.0964. The summed E-state index contributed by atoms with van der Waals surface area (Å²) in [7, 11) is 0. The van der Waals surface area contributed by atoms with Crippen molar-refractivity contribution >= 4 is 36.3 Å². The molecular formula is C18H19N3O3S. The minimum absolute atomic E-state index is 0.312. The number of carbonyl (C=O) groups excluding carboxylic acids is 3. The second kappa shape index (κ2) is 7.85. The third-order valence-corrected chi connectivity index (χ3v) is 4.06. The minimum Gasteiger partial charge on any atom is -0.366 e. The fourth-order valence-corrected chi connectivity index (χ4v) is 2.31. The quantitative estimate of drug-likeness (QED) is 0.734. The van der Waals surface area contributed by atoms with Crippen molar-refractivity contribution in [1.29, 1.82) is 0 Å². The molecule has 0 spiro atoms. The maximum atomic E-state index is 12.2. The van der Waals surface area contributed by atoms with Crippen LogP contribution in [-0.2, 0) is 0 Å². The van der Waals surface area contributed by atoms with Gasteiger partial charge in [0.1, 0.15) is 0 Å². The molecule has 0 unspecified atom stereocenters. The number of anilines is 1. The normalized spacial score (nSPS) is 10.4. The lowest BCUT2D eigenvalue weighted by Gasteiger charge is -2.16. The smallest absolute Gasteiger partial charge is 0.338 e. The average Bonchev–Trinajstić information content (AvgIpc) is 2.61. The second-order valence-corrected chi connectivity index (χ2v) is 6.16. The van der Waals surface area contributed by atoms with Crippen LogP contribution in [0.5, 0.6) is 0 Å². The van der Waals surface area contributed by atoms with E-state index in [9.17, 15) is 14.4 Å². The van der Waals surface area contributed by atoms with Gasteiger partial charge in [0, 0.05) is 11.1 Å². The molecule has 0 radical (unpaired) electrons. The molecule has 0 aromatic heterocycles.